The quantitative estimate of drug-likeness (QED) is 0.0765. The first-order valence-electron chi connectivity index (χ1n) is 16.4. The van der Waals surface area contributed by atoms with Crippen molar-refractivity contribution in [2.45, 2.75) is 150 Å². The maximum absolute atomic E-state index is 12.8. The summed E-state index contributed by atoms with van der Waals surface area (Å²) in [5.41, 5.74) is 8.20. The van der Waals surface area contributed by atoms with Crippen LogP contribution >= 0.6 is 0 Å². The molecule has 1 aromatic heterocycles. The fraction of sp³-hybridized carbons (Fsp3) is 0.788. The van der Waals surface area contributed by atoms with Crippen LogP contribution in [-0.4, -0.2) is 25.2 Å². The molecular formula is C33H58IN3O4. The van der Waals surface area contributed by atoms with Gasteiger partial charge in [0.15, 0.2) is 0 Å². The number of aromatic nitrogens is 1. The molecule has 0 aliphatic heterocycles. The number of pyridine rings is 1. The Labute approximate surface area is 267 Å². The van der Waals surface area contributed by atoms with Gasteiger partial charge in [0, 0.05) is 13.5 Å². The third kappa shape index (κ3) is 14.4. The molecule has 1 aliphatic rings. The standard InChI is InChI=1S/C33H57N3O4.HI/c1-5-7-8-9-10-11-12-13-14-15-16-17-18-19-20-21-24-35-33(38)40-31-26(3)29(30(34)27(4)36(31)6-2)32(37)39-25-28-22-23-28;/h28H,5-25H2,1-4H3,(H2-,34,35,37,38);1H. The number of nitrogen functional groups attached to an aromatic ring is 1. The molecule has 0 spiro atoms. The van der Waals surface area contributed by atoms with E-state index in [0.717, 1.165) is 25.7 Å². The van der Waals surface area contributed by atoms with Crippen LogP contribution in [0.4, 0.5) is 10.5 Å². The van der Waals surface area contributed by atoms with Crippen molar-refractivity contribution in [3.05, 3.63) is 16.8 Å². The van der Waals surface area contributed by atoms with E-state index in [-0.39, 0.29) is 24.0 Å². The molecule has 1 amide bonds. The summed E-state index contributed by atoms with van der Waals surface area (Å²) >= 11 is 0. The molecule has 7 nitrogen and oxygen atoms in total. The van der Waals surface area contributed by atoms with Crippen molar-refractivity contribution in [2.24, 2.45) is 5.92 Å². The molecule has 0 atom stereocenters. The van der Waals surface area contributed by atoms with E-state index in [4.69, 9.17) is 15.2 Å². The predicted molar refractivity (Wildman–Crippen MR) is 163 cm³/mol. The normalized spacial score (nSPS) is 12.6. The number of hydrogen-bond donors (Lipinski definition) is 2. The average molecular weight is 688 g/mol. The third-order valence-corrected chi connectivity index (χ3v) is 8.16. The summed E-state index contributed by atoms with van der Waals surface area (Å²) in [4.78, 5) is 25.4. The van der Waals surface area contributed by atoms with Gasteiger partial charge in [-0.2, -0.15) is 4.57 Å². The molecule has 2 rings (SSSR count). The van der Waals surface area contributed by atoms with Crippen molar-refractivity contribution in [3.8, 4) is 5.88 Å². The Morgan fingerprint density at radius 3 is 1.78 bits per heavy atom. The number of nitrogens with zero attached hydrogens (tertiary/aromatic N) is 1. The number of carbonyl (C=O) groups excluding carboxylic acids is 2. The molecule has 0 unspecified atom stereocenters. The highest BCUT2D eigenvalue weighted by atomic mass is 127. The van der Waals surface area contributed by atoms with Gasteiger partial charge < -0.3 is 44.5 Å². The zero-order chi connectivity index (χ0) is 29.2. The van der Waals surface area contributed by atoms with Gasteiger partial charge in [-0.05, 0) is 39.0 Å². The fourth-order valence-corrected chi connectivity index (χ4v) is 5.30. The maximum Gasteiger partial charge on any atom is 0.416 e. The van der Waals surface area contributed by atoms with Crippen LogP contribution in [0.3, 0.4) is 0 Å². The largest absolute Gasteiger partial charge is 1.00 e. The first kappa shape index (κ1) is 37.4. The Bertz CT molecular complexity index is 905. The van der Waals surface area contributed by atoms with Crippen LogP contribution in [-0.2, 0) is 11.3 Å². The number of rotatable bonds is 22. The molecule has 1 aliphatic carbocycles. The Kier molecular flexibility index (Phi) is 20.1. The van der Waals surface area contributed by atoms with Gasteiger partial charge in [0.25, 0.3) is 0 Å². The Morgan fingerprint density at radius 1 is 0.829 bits per heavy atom. The Hall–Kier alpha value is -1.58. The van der Waals surface area contributed by atoms with Gasteiger partial charge in [0.1, 0.15) is 17.8 Å². The number of halogens is 1. The summed E-state index contributed by atoms with van der Waals surface area (Å²) in [7, 11) is 0. The number of carbonyl (C=O) groups is 2. The number of amides is 1. The zero-order valence-corrected chi connectivity index (χ0v) is 28.6. The third-order valence-electron chi connectivity index (χ3n) is 8.16. The molecule has 0 bridgehead atoms. The summed E-state index contributed by atoms with van der Waals surface area (Å²) in [6.45, 7) is 9.37. The SMILES string of the molecule is CCCCCCCCCCCCCCCCCCNC(=O)Oc1c(C)c(C(=O)OCC2CC2)c(N)c(C)[n+]1CC.[I-]. The van der Waals surface area contributed by atoms with E-state index in [1.807, 2.05) is 18.4 Å². The summed E-state index contributed by atoms with van der Waals surface area (Å²) < 4.78 is 13.0. The summed E-state index contributed by atoms with van der Waals surface area (Å²) in [6.07, 6.45) is 22.8. The number of nitrogens with one attached hydrogen (secondary N) is 1. The van der Waals surface area contributed by atoms with Gasteiger partial charge in [0.05, 0.1) is 12.2 Å². The van der Waals surface area contributed by atoms with Crippen LogP contribution in [0, 0.1) is 19.8 Å². The number of ether oxygens (including phenoxy) is 2. The molecule has 1 fully saturated rings. The molecular weight excluding hydrogens is 629 g/mol. The van der Waals surface area contributed by atoms with E-state index in [9.17, 15) is 9.59 Å². The van der Waals surface area contributed by atoms with E-state index in [2.05, 4.69) is 12.2 Å². The minimum Gasteiger partial charge on any atom is -1.00 e. The summed E-state index contributed by atoms with van der Waals surface area (Å²) in [5, 5.41) is 2.87. The second kappa shape index (κ2) is 22.0. The summed E-state index contributed by atoms with van der Waals surface area (Å²) in [6, 6.07) is 0. The van der Waals surface area contributed by atoms with Crippen LogP contribution in [0.1, 0.15) is 151 Å². The first-order chi connectivity index (χ1) is 19.4. The lowest BCUT2D eigenvalue weighted by Gasteiger charge is -2.15. The molecule has 0 radical (unpaired) electrons. The average Bonchev–Trinajstić information content (AvgIpc) is 3.77. The number of unbranched alkanes of at least 4 members (excludes halogenated alkanes) is 15. The predicted octanol–water partition coefficient (Wildman–Crippen LogP) is 5.11. The van der Waals surface area contributed by atoms with Crippen molar-refractivity contribution in [3.63, 3.8) is 0 Å². The van der Waals surface area contributed by atoms with E-state index in [1.54, 1.807) is 6.92 Å². The smallest absolute Gasteiger partial charge is 0.416 e. The number of anilines is 1. The number of hydrogen-bond acceptors (Lipinski definition) is 5. The minimum atomic E-state index is -0.507. The van der Waals surface area contributed by atoms with Crippen LogP contribution in [0.2, 0.25) is 0 Å². The topological polar surface area (TPSA) is 94.5 Å². The molecule has 3 N–H and O–H groups in total. The molecule has 41 heavy (non-hydrogen) atoms. The second-order valence-electron chi connectivity index (χ2n) is 11.7. The molecule has 236 valence electrons. The molecule has 8 heteroatoms. The Balaban J connectivity index is 0.00000840. The van der Waals surface area contributed by atoms with E-state index >= 15 is 0 Å². The van der Waals surface area contributed by atoms with Gasteiger partial charge in [-0.1, -0.05) is 103 Å². The molecule has 1 saturated carbocycles. The molecule has 1 aromatic rings. The van der Waals surface area contributed by atoms with Crippen molar-refractivity contribution >= 4 is 17.7 Å². The van der Waals surface area contributed by atoms with Gasteiger partial charge in [0.2, 0.25) is 5.69 Å². The van der Waals surface area contributed by atoms with Crippen molar-refractivity contribution in [2.75, 3.05) is 18.9 Å². The molecule has 0 aromatic carbocycles. The van der Waals surface area contributed by atoms with Crippen LogP contribution < -0.4 is 44.3 Å². The first-order valence-corrected chi connectivity index (χ1v) is 16.4. The van der Waals surface area contributed by atoms with E-state index in [1.165, 1.54) is 89.9 Å². The monoisotopic (exact) mass is 687 g/mol. The van der Waals surface area contributed by atoms with E-state index < -0.39 is 12.1 Å². The van der Waals surface area contributed by atoms with Crippen molar-refractivity contribution in [1.82, 2.24) is 5.32 Å². The lowest BCUT2D eigenvalue weighted by atomic mass is 10.0. The highest BCUT2D eigenvalue weighted by Crippen LogP contribution is 2.31. The van der Waals surface area contributed by atoms with Crippen LogP contribution in [0.5, 0.6) is 5.88 Å². The lowest BCUT2D eigenvalue weighted by Crippen LogP contribution is -3.00. The Morgan fingerprint density at radius 2 is 1.32 bits per heavy atom. The maximum atomic E-state index is 12.8. The van der Waals surface area contributed by atoms with Gasteiger partial charge in [-0.25, -0.2) is 9.59 Å². The van der Waals surface area contributed by atoms with Gasteiger partial charge >= 0.3 is 17.9 Å². The minimum absolute atomic E-state index is 0. The van der Waals surface area contributed by atoms with Crippen LogP contribution in [0.25, 0.3) is 0 Å². The van der Waals surface area contributed by atoms with Crippen LogP contribution in [0.15, 0.2) is 0 Å². The number of nitrogens with two attached hydrogens (primary N) is 1. The van der Waals surface area contributed by atoms with Gasteiger partial charge in [-0.15, -0.1) is 0 Å². The zero-order valence-electron chi connectivity index (χ0n) is 26.5. The summed E-state index contributed by atoms with van der Waals surface area (Å²) in [5.74, 6) is 0.352. The van der Waals surface area contributed by atoms with Gasteiger partial charge in [-0.3, -0.25) is 0 Å². The molecule has 1 heterocycles. The van der Waals surface area contributed by atoms with Crippen molar-refractivity contribution in [1.29, 1.82) is 0 Å². The lowest BCUT2D eigenvalue weighted by molar-refractivity contribution is -0.702. The molecule has 0 saturated heterocycles. The second-order valence-corrected chi connectivity index (χ2v) is 11.7. The fourth-order valence-electron chi connectivity index (χ4n) is 5.30. The highest BCUT2D eigenvalue weighted by molar-refractivity contribution is 5.97. The highest BCUT2D eigenvalue weighted by Gasteiger charge is 2.32. The number of esters is 1. The van der Waals surface area contributed by atoms with E-state index in [0.29, 0.717) is 54.0 Å². The van der Waals surface area contributed by atoms with Crippen molar-refractivity contribution < 1.29 is 47.6 Å².